The maximum atomic E-state index is 11.7. The van der Waals surface area contributed by atoms with Crippen LogP contribution in [-0.2, 0) is 14.8 Å². The summed E-state index contributed by atoms with van der Waals surface area (Å²) in [7, 11) is -3.49. The quantitative estimate of drug-likeness (QED) is 0.812. The Hall–Kier alpha value is -1.29. The van der Waals surface area contributed by atoms with Crippen LogP contribution in [0.2, 0.25) is 5.02 Å². The van der Waals surface area contributed by atoms with Crippen LogP contribution in [0.3, 0.4) is 0 Å². The normalized spacial score (nSPS) is 10.9. The second-order valence-electron chi connectivity index (χ2n) is 3.42. The standard InChI is InChI=1S/C11H13ClN2O3S/c1-2-17-5-6-18(15,16)14-11-4-3-9(8-13)7-10(11)12/h3-4,7,14H,2,5-6H2,1H3. The van der Waals surface area contributed by atoms with Crippen LogP contribution in [0.15, 0.2) is 18.2 Å². The van der Waals surface area contributed by atoms with E-state index in [1.165, 1.54) is 18.2 Å². The predicted molar refractivity (Wildman–Crippen MR) is 70.1 cm³/mol. The van der Waals surface area contributed by atoms with Crippen molar-refractivity contribution in [3.8, 4) is 6.07 Å². The highest BCUT2D eigenvalue weighted by atomic mass is 35.5. The Morgan fingerprint density at radius 3 is 2.78 bits per heavy atom. The lowest BCUT2D eigenvalue weighted by atomic mass is 10.2. The average molecular weight is 289 g/mol. The molecule has 0 heterocycles. The Morgan fingerprint density at radius 2 is 2.22 bits per heavy atom. The summed E-state index contributed by atoms with van der Waals surface area (Å²) in [5, 5.41) is 8.85. The van der Waals surface area contributed by atoms with Crippen molar-refractivity contribution in [1.29, 1.82) is 5.26 Å². The molecule has 1 aromatic rings. The van der Waals surface area contributed by atoms with Gasteiger partial charge in [0.1, 0.15) is 0 Å². The van der Waals surface area contributed by atoms with E-state index in [-0.39, 0.29) is 23.1 Å². The molecule has 5 nitrogen and oxygen atoms in total. The van der Waals surface area contributed by atoms with Crippen LogP contribution in [0.1, 0.15) is 12.5 Å². The molecule has 0 bridgehead atoms. The van der Waals surface area contributed by atoms with Gasteiger partial charge in [-0.25, -0.2) is 8.42 Å². The molecule has 0 aromatic heterocycles. The lowest BCUT2D eigenvalue weighted by Gasteiger charge is -2.09. The van der Waals surface area contributed by atoms with E-state index in [4.69, 9.17) is 21.6 Å². The second-order valence-corrected chi connectivity index (χ2v) is 5.67. The lowest BCUT2D eigenvalue weighted by Crippen LogP contribution is -2.20. The van der Waals surface area contributed by atoms with Crippen molar-refractivity contribution in [1.82, 2.24) is 0 Å². The van der Waals surface area contributed by atoms with E-state index >= 15 is 0 Å². The fourth-order valence-corrected chi connectivity index (χ4v) is 2.44. The van der Waals surface area contributed by atoms with Crippen LogP contribution in [0.5, 0.6) is 0 Å². The molecule has 0 fully saturated rings. The highest BCUT2D eigenvalue weighted by Crippen LogP contribution is 2.23. The van der Waals surface area contributed by atoms with Gasteiger partial charge < -0.3 is 4.74 Å². The van der Waals surface area contributed by atoms with Gasteiger partial charge in [-0.1, -0.05) is 11.6 Å². The first-order chi connectivity index (χ1) is 8.48. The van der Waals surface area contributed by atoms with Crippen LogP contribution in [0.25, 0.3) is 0 Å². The third-order valence-corrected chi connectivity index (χ3v) is 3.61. The number of nitrogens with one attached hydrogen (secondary N) is 1. The van der Waals surface area contributed by atoms with Crippen molar-refractivity contribution in [2.45, 2.75) is 6.92 Å². The summed E-state index contributed by atoms with van der Waals surface area (Å²) in [6, 6.07) is 6.27. The molecule has 0 unspecified atom stereocenters. The Morgan fingerprint density at radius 1 is 1.50 bits per heavy atom. The molecule has 0 aliphatic carbocycles. The molecular formula is C11H13ClN2O3S. The van der Waals surface area contributed by atoms with E-state index in [0.29, 0.717) is 12.2 Å². The Labute approximate surface area is 111 Å². The van der Waals surface area contributed by atoms with Crippen molar-refractivity contribution >= 4 is 27.3 Å². The zero-order valence-electron chi connectivity index (χ0n) is 9.81. The van der Waals surface area contributed by atoms with Crippen molar-refractivity contribution in [3.63, 3.8) is 0 Å². The van der Waals surface area contributed by atoms with E-state index in [1.54, 1.807) is 6.92 Å². The summed E-state index contributed by atoms with van der Waals surface area (Å²) in [5.41, 5.74) is 0.629. The minimum Gasteiger partial charge on any atom is -0.381 e. The number of hydrogen-bond donors (Lipinski definition) is 1. The van der Waals surface area contributed by atoms with Gasteiger partial charge in [-0.15, -0.1) is 0 Å². The summed E-state index contributed by atoms with van der Waals surface area (Å²) in [6.45, 7) is 2.38. The van der Waals surface area contributed by atoms with E-state index in [1.807, 2.05) is 6.07 Å². The van der Waals surface area contributed by atoms with Crippen molar-refractivity contribution in [2.75, 3.05) is 23.7 Å². The molecule has 7 heteroatoms. The molecule has 0 atom stereocenters. The summed E-state index contributed by atoms with van der Waals surface area (Å²) >= 11 is 5.87. The van der Waals surface area contributed by atoms with Gasteiger partial charge in [0, 0.05) is 6.61 Å². The van der Waals surface area contributed by atoms with Gasteiger partial charge >= 0.3 is 0 Å². The number of halogens is 1. The maximum Gasteiger partial charge on any atom is 0.235 e. The number of rotatable bonds is 6. The molecule has 98 valence electrons. The number of nitriles is 1. The zero-order valence-corrected chi connectivity index (χ0v) is 11.4. The van der Waals surface area contributed by atoms with Crippen LogP contribution in [-0.4, -0.2) is 27.4 Å². The van der Waals surface area contributed by atoms with Crippen LogP contribution in [0, 0.1) is 11.3 Å². The molecule has 0 amide bonds. The first kappa shape index (κ1) is 14.8. The van der Waals surface area contributed by atoms with Crippen LogP contribution < -0.4 is 4.72 Å². The summed E-state index contributed by atoms with van der Waals surface area (Å²) in [5.74, 6) is -0.142. The Balaban J connectivity index is 2.75. The van der Waals surface area contributed by atoms with E-state index in [0.717, 1.165) is 0 Å². The molecule has 0 saturated carbocycles. The number of ether oxygens (including phenoxy) is 1. The highest BCUT2D eigenvalue weighted by molar-refractivity contribution is 7.92. The molecule has 1 aromatic carbocycles. The third kappa shape index (κ3) is 4.53. The Kier molecular flexibility index (Phi) is 5.41. The lowest BCUT2D eigenvalue weighted by molar-refractivity contribution is 0.163. The fourth-order valence-electron chi connectivity index (χ4n) is 1.20. The maximum absolute atomic E-state index is 11.7. The number of anilines is 1. The summed E-state index contributed by atoms with van der Waals surface area (Å²) in [4.78, 5) is 0. The molecule has 1 N–H and O–H groups in total. The minimum atomic E-state index is -3.49. The first-order valence-electron chi connectivity index (χ1n) is 5.26. The van der Waals surface area contributed by atoms with Gasteiger partial charge in [0.2, 0.25) is 10.0 Å². The zero-order chi connectivity index (χ0) is 13.6. The monoisotopic (exact) mass is 288 g/mol. The average Bonchev–Trinajstić information content (AvgIpc) is 2.31. The van der Waals surface area contributed by atoms with Crippen molar-refractivity contribution in [3.05, 3.63) is 28.8 Å². The molecular weight excluding hydrogens is 276 g/mol. The molecule has 0 aliphatic heterocycles. The first-order valence-corrected chi connectivity index (χ1v) is 7.29. The molecule has 0 aliphatic rings. The highest BCUT2D eigenvalue weighted by Gasteiger charge is 2.12. The smallest absolute Gasteiger partial charge is 0.235 e. The van der Waals surface area contributed by atoms with Gasteiger partial charge in [0.15, 0.2) is 0 Å². The molecule has 18 heavy (non-hydrogen) atoms. The van der Waals surface area contributed by atoms with E-state index < -0.39 is 10.0 Å². The Bertz CT molecular complexity index is 552. The number of hydrogen-bond acceptors (Lipinski definition) is 4. The summed E-state index contributed by atoms with van der Waals surface area (Å²) < 4.78 is 30.7. The molecule has 0 saturated heterocycles. The van der Waals surface area contributed by atoms with Crippen molar-refractivity contribution < 1.29 is 13.2 Å². The topological polar surface area (TPSA) is 79.2 Å². The molecule has 0 spiro atoms. The number of sulfonamides is 1. The van der Waals surface area contributed by atoms with Crippen LogP contribution in [0.4, 0.5) is 5.69 Å². The fraction of sp³-hybridized carbons (Fsp3) is 0.364. The van der Waals surface area contributed by atoms with Crippen LogP contribution >= 0.6 is 11.6 Å². The summed E-state index contributed by atoms with van der Waals surface area (Å²) in [6.07, 6.45) is 0. The SMILES string of the molecule is CCOCCS(=O)(=O)Nc1ccc(C#N)cc1Cl. The second kappa shape index (κ2) is 6.59. The van der Waals surface area contributed by atoms with Gasteiger partial charge in [0.05, 0.1) is 34.7 Å². The van der Waals surface area contributed by atoms with Gasteiger partial charge in [0.25, 0.3) is 0 Å². The van der Waals surface area contributed by atoms with E-state index in [9.17, 15) is 8.42 Å². The van der Waals surface area contributed by atoms with Gasteiger partial charge in [-0.3, -0.25) is 4.72 Å². The van der Waals surface area contributed by atoms with E-state index in [2.05, 4.69) is 4.72 Å². The minimum absolute atomic E-state index is 0.125. The van der Waals surface area contributed by atoms with Gasteiger partial charge in [-0.05, 0) is 25.1 Å². The molecule has 1 rings (SSSR count). The largest absolute Gasteiger partial charge is 0.381 e. The predicted octanol–water partition coefficient (Wildman–Crippen LogP) is 1.99. The molecule has 0 radical (unpaired) electrons. The number of benzene rings is 1. The number of nitrogens with zero attached hydrogens (tertiary/aromatic N) is 1. The van der Waals surface area contributed by atoms with Gasteiger partial charge in [-0.2, -0.15) is 5.26 Å². The van der Waals surface area contributed by atoms with Crippen molar-refractivity contribution in [2.24, 2.45) is 0 Å². The third-order valence-electron chi connectivity index (χ3n) is 2.06.